The molecule has 0 aliphatic rings. The third kappa shape index (κ3) is 3.40. The van der Waals surface area contributed by atoms with E-state index in [0.29, 0.717) is 11.3 Å². The summed E-state index contributed by atoms with van der Waals surface area (Å²) in [7, 11) is 0. The molecule has 0 saturated heterocycles. The molecular weight excluding hydrogens is 262 g/mol. The Morgan fingerprint density at radius 3 is 2.84 bits per heavy atom. The number of thiocarbonyl (C=S) groups is 1. The molecule has 2 rings (SSSR count). The van der Waals surface area contributed by atoms with E-state index in [-0.39, 0.29) is 10.9 Å². The van der Waals surface area contributed by atoms with Gasteiger partial charge in [0.15, 0.2) is 10.9 Å². The third-order valence-corrected chi connectivity index (χ3v) is 2.43. The van der Waals surface area contributed by atoms with E-state index in [1.165, 1.54) is 12.3 Å². The molecule has 1 aromatic heterocycles. The molecule has 0 bridgehead atoms. The molecule has 0 spiro atoms. The maximum absolute atomic E-state index is 11.6. The van der Waals surface area contributed by atoms with Gasteiger partial charge in [-0.2, -0.15) is 5.26 Å². The Hall–Kier alpha value is -2.65. The van der Waals surface area contributed by atoms with Gasteiger partial charge < -0.3 is 9.73 Å². The van der Waals surface area contributed by atoms with Crippen LogP contribution in [0.15, 0.2) is 47.1 Å². The van der Waals surface area contributed by atoms with Crippen LogP contribution in [-0.2, 0) is 0 Å². The number of nitrogens with one attached hydrogen (secondary N) is 2. The summed E-state index contributed by atoms with van der Waals surface area (Å²) in [6.45, 7) is 0. The number of anilines is 1. The highest BCUT2D eigenvalue weighted by Crippen LogP contribution is 2.09. The second-order valence-electron chi connectivity index (χ2n) is 3.58. The van der Waals surface area contributed by atoms with E-state index >= 15 is 0 Å². The molecule has 5 nitrogen and oxygen atoms in total. The molecule has 6 heteroatoms. The van der Waals surface area contributed by atoms with Crippen LogP contribution in [0.1, 0.15) is 16.1 Å². The van der Waals surface area contributed by atoms with E-state index in [0.717, 1.165) is 0 Å². The van der Waals surface area contributed by atoms with Gasteiger partial charge in [0.05, 0.1) is 17.9 Å². The second kappa shape index (κ2) is 5.80. The van der Waals surface area contributed by atoms with E-state index in [1.807, 2.05) is 6.07 Å². The molecule has 1 heterocycles. The van der Waals surface area contributed by atoms with Crippen molar-refractivity contribution in [2.75, 3.05) is 5.32 Å². The van der Waals surface area contributed by atoms with Crippen LogP contribution < -0.4 is 10.6 Å². The standard InChI is InChI=1S/C13H9N3O2S/c14-8-9-3-1-4-10(7-9)15-13(19)16-12(17)11-5-2-6-18-11/h1-7H,(H2,15,16,17,19). The summed E-state index contributed by atoms with van der Waals surface area (Å²) in [5.41, 5.74) is 1.13. The van der Waals surface area contributed by atoms with Crippen LogP contribution in [0.3, 0.4) is 0 Å². The predicted octanol–water partition coefficient (Wildman–Crippen LogP) is 2.28. The summed E-state index contributed by atoms with van der Waals surface area (Å²) in [4.78, 5) is 11.6. The number of carbonyl (C=O) groups excluding carboxylic acids is 1. The van der Waals surface area contributed by atoms with Gasteiger partial charge in [0.1, 0.15) is 0 Å². The summed E-state index contributed by atoms with van der Waals surface area (Å²) in [5.74, 6) is -0.256. The van der Waals surface area contributed by atoms with E-state index in [1.54, 1.807) is 30.3 Å². The Labute approximate surface area is 114 Å². The van der Waals surface area contributed by atoms with Crippen LogP contribution in [0, 0.1) is 11.3 Å². The molecule has 2 N–H and O–H groups in total. The third-order valence-electron chi connectivity index (χ3n) is 2.22. The highest BCUT2D eigenvalue weighted by Gasteiger charge is 2.10. The first-order chi connectivity index (χ1) is 9.19. The number of benzene rings is 1. The molecule has 0 saturated carbocycles. The number of hydrogen-bond donors (Lipinski definition) is 2. The van der Waals surface area contributed by atoms with Crippen LogP contribution in [0.5, 0.6) is 0 Å². The average molecular weight is 271 g/mol. The topological polar surface area (TPSA) is 78.1 Å². The molecule has 0 unspecified atom stereocenters. The first-order valence-electron chi connectivity index (χ1n) is 5.35. The molecule has 0 aliphatic carbocycles. The van der Waals surface area contributed by atoms with Crippen molar-refractivity contribution in [3.05, 3.63) is 54.0 Å². The second-order valence-corrected chi connectivity index (χ2v) is 3.99. The summed E-state index contributed by atoms with van der Waals surface area (Å²) in [6.07, 6.45) is 1.40. The monoisotopic (exact) mass is 271 g/mol. The number of carbonyl (C=O) groups is 1. The Balaban J connectivity index is 1.98. The van der Waals surface area contributed by atoms with Crippen LogP contribution in [0.4, 0.5) is 5.69 Å². The fourth-order valence-electron chi connectivity index (χ4n) is 1.40. The Morgan fingerprint density at radius 1 is 1.32 bits per heavy atom. The highest BCUT2D eigenvalue weighted by atomic mass is 32.1. The van der Waals surface area contributed by atoms with Crippen molar-refractivity contribution in [1.82, 2.24) is 5.32 Å². The van der Waals surface area contributed by atoms with Crippen molar-refractivity contribution < 1.29 is 9.21 Å². The minimum atomic E-state index is -0.432. The lowest BCUT2D eigenvalue weighted by Crippen LogP contribution is -2.33. The Bertz CT molecular complexity index is 644. The predicted molar refractivity (Wildman–Crippen MR) is 73.6 cm³/mol. The van der Waals surface area contributed by atoms with E-state index in [4.69, 9.17) is 21.9 Å². The van der Waals surface area contributed by atoms with Gasteiger partial charge >= 0.3 is 0 Å². The highest BCUT2D eigenvalue weighted by molar-refractivity contribution is 7.80. The SMILES string of the molecule is N#Cc1cccc(NC(=S)NC(=O)c2ccco2)c1. The number of amides is 1. The van der Waals surface area contributed by atoms with E-state index < -0.39 is 5.91 Å². The van der Waals surface area contributed by atoms with Gasteiger partial charge in [-0.25, -0.2) is 0 Å². The summed E-state index contributed by atoms with van der Waals surface area (Å²) in [5, 5.41) is 14.2. The number of rotatable bonds is 2. The van der Waals surface area contributed by atoms with Gasteiger partial charge in [-0.05, 0) is 42.5 Å². The molecule has 1 amide bonds. The maximum atomic E-state index is 11.6. The fourth-order valence-corrected chi connectivity index (χ4v) is 1.61. The molecule has 0 atom stereocenters. The lowest BCUT2D eigenvalue weighted by atomic mass is 10.2. The number of hydrogen-bond acceptors (Lipinski definition) is 4. The molecule has 1 aromatic carbocycles. The Kier molecular flexibility index (Phi) is 3.90. The average Bonchev–Trinajstić information content (AvgIpc) is 2.92. The summed E-state index contributed by atoms with van der Waals surface area (Å²) >= 11 is 5.00. The summed E-state index contributed by atoms with van der Waals surface area (Å²) < 4.78 is 4.94. The van der Waals surface area contributed by atoms with Crippen LogP contribution >= 0.6 is 12.2 Å². The van der Waals surface area contributed by atoms with Crippen molar-refractivity contribution >= 4 is 28.9 Å². The van der Waals surface area contributed by atoms with Gasteiger partial charge in [0.2, 0.25) is 0 Å². The van der Waals surface area contributed by atoms with Gasteiger partial charge in [-0.3, -0.25) is 10.1 Å². The quantitative estimate of drug-likeness (QED) is 0.819. The van der Waals surface area contributed by atoms with Gasteiger partial charge in [-0.1, -0.05) is 6.07 Å². The van der Waals surface area contributed by atoms with E-state index in [2.05, 4.69) is 10.6 Å². The first kappa shape index (κ1) is 12.8. The van der Waals surface area contributed by atoms with Gasteiger partial charge in [-0.15, -0.1) is 0 Å². The molecule has 0 aliphatic heterocycles. The normalized spacial score (nSPS) is 9.42. The van der Waals surface area contributed by atoms with Gasteiger partial charge in [0.25, 0.3) is 5.91 Å². The lowest BCUT2D eigenvalue weighted by Gasteiger charge is -2.08. The molecular formula is C13H9N3O2S. The fraction of sp³-hybridized carbons (Fsp3) is 0. The molecule has 2 aromatic rings. The van der Waals surface area contributed by atoms with Crippen molar-refractivity contribution in [2.45, 2.75) is 0 Å². The smallest absolute Gasteiger partial charge is 0.293 e. The molecule has 19 heavy (non-hydrogen) atoms. The minimum Gasteiger partial charge on any atom is -0.459 e. The molecule has 94 valence electrons. The van der Waals surface area contributed by atoms with Crippen LogP contribution in [-0.4, -0.2) is 11.0 Å². The van der Waals surface area contributed by atoms with Gasteiger partial charge in [0, 0.05) is 5.69 Å². The van der Waals surface area contributed by atoms with E-state index in [9.17, 15) is 4.79 Å². The van der Waals surface area contributed by atoms with Crippen molar-refractivity contribution in [3.8, 4) is 6.07 Å². The zero-order chi connectivity index (χ0) is 13.7. The Morgan fingerprint density at radius 2 is 2.16 bits per heavy atom. The minimum absolute atomic E-state index is 0.136. The van der Waals surface area contributed by atoms with Crippen LogP contribution in [0.25, 0.3) is 0 Å². The lowest BCUT2D eigenvalue weighted by molar-refractivity contribution is 0.0950. The van der Waals surface area contributed by atoms with Crippen LogP contribution in [0.2, 0.25) is 0 Å². The largest absolute Gasteiger partial charge is 0.459 e. The van der Waals surface area contributed by atoms with Crippen molar-refractivity contribution in [3.63, 3.8) is 0 Å². The molecule has 0 radical (unpaired) electrons. The number of nitrogens with zero attached hydrogens (tertiary/aromatic N) is 1. The van der Waals surface area contributed by atoms with Crippen molar-refractivity contribution in [2.24, 2.45) is 0 Å². The zero-order valence-corrected chi connectivity index (χ0v) is 10.5. The maximum Gasteiger partial charge on any atom is 0.293 e. The van der Waals surface area contributed by atoms with Crippen molar-refractivity contribution in [1.29, 1.82) is 5.26 Å². The zero-order valence-electron chi connectivity index (χ0n) is 9.71. The first-order valence-corrected chi connectivity index (χ1v) is 5.76. The molecule has 0 fully saturated rings. The summed E-state index contributed by atoms with van der Waals surface area (Å²) in [6, 6.07) is 11.9. The number of nitriles is 1. The number of furan rings is 1.